The summed E-state index contributed by atoms with van der Waals surface area (Å²) >= 11 is 0. The summed E-state index contributed by atoms with van der Waals surface area (Å²) < 4.78 is 0. The van der Waals surface area contributed by atoms with Gasteiger partial charge in [0.1, 0.15) is 5.78 Å². The lowest BCUT2D eigenvalue weighted by Crippen LogP contribution is -2.52. The molecule has 0 saturated carbocycles. The first-order valence-corrected chi connectivity index (χ1v) is 12.1. The lowest BCUT2D eigenvalue weighted by Gasteiger charge is -2.41. The van der Waals surface area contributed by atoms with Gasteiger partial charge in [-0.25, -0.2) is 0 Å². The molecule has 6 heteroatoms. The van der Waals surface area contributed by atoms with Gasteiger partial charge in [-0.3, -0.25) is 24.5 Å². The molecule has 5 rings (SSSR count). The van der Waals surface area contributed by atoms with Crippen LogP contribution in [0.25, 0.3) is 0 Å². The Hall–Kier alpha value is -2.86. The van der Waals surface area contributed by atoms with Crippen LogP contribution in [0, 0.1) is 12.8 Å². The molecule has 1 aromatic heterocycles. The largest absolute Gasteiger partial charge is 0.334 e. The minimum absolute atomic E-state index is 0.0519. The van der Waals surface area contributed by atoms with E-state index in [1.54, 1.807) is 0 Å². The maximum absolute atomic E-state index is 13.1. The molecule has 33 heavy (non-hydrogen) atoms. The molecule has 0 bridgehead atoms. The number of fused-ring (bicyclic) bond motifs is 2. The standard InChI is InChI=1S/C27H32N4O2/c1-17(2)25(32)16-30-8-4-5-23(15-30)31-14-22-11-24-21(10-20(22)12-26(31)33)13-29-27(24)19-6-7-28-18(3)9-19/h6-7,9-11,17,23H,4-5,8,12-16H2,1-3H3/t23-/m1/s1. The Balaban J connectivity index is 1.37. The van der Waals surface area contributed by atoms with Crippen molar-refractivity contribution < 1.29 is 9.59 Å². The average Bonchev–Trinajstić information content (AvgIpc) is 3.20. The number of likely N-dealkylation sites (tertiary alicyclic amines) is 1. The summed E-state index contributed by atoms with van der Waals surface area (Å²) in [6.45, 7) is 9.43. The van der Waals surface area contributed by atoms with E-state index in [1.165, 1.54) is 16.7 Å². The Morgan fingerprint density at radius 2 is 2.03 bits per heavy atom. The highest BCUT2D eigenvalue weighted by molar-refractivity contribution is 6.15. The molecule has 1 atom stereocenters. The van der Waals surface area contributed by atoms with Crippen molar-refractivity contribution in [3.63, 3.8) is 0 Å². The van der Waals surface area contributed by atoms with Crippen LogP contribution in [-0.4, -0.2) is 57.9 Å². The SMILES string of the molecule is Cc1cc(C2=NCc3cc4c(cc32)CN([C@@H]2CCCN(CC(=O)C(C)C)C2)C(=O)C4)ccn1. The van der Waals surface area contributed by atoms with Crippen molar-refractivity contribution in [3.05, 3.63) is 64.0 Å². The zero-order chi connectivity index (χ0) is 23.1. The second kappa shape index (κ2) is 8.82. The van der Waals surface area contributed by atoms with E-state index < -0.39 is 0 Å². The van der Waals surface area contributed by atoms with Crippen molar-refractivity contribution in [3.8, 4) is 0 Å². The molecule has 1 fully saturated rings. The Kier molecular flexibility index (Phi) is 5.87. The number of carbonyl (C=O) groups is 2. The molecule has 4 heterocycles. The van der Waals surface area contributed by atoms with Gasteiger partial charge in [0.2, 0.25) is 5.91 Å². The first-order valence-electron chi connectivity index (χ1n) is 12.1. The lowest BCUT2D eigenvalue weighted by molar-refractivity contribution is -0.135. The second-order valence-corrected chi connectivity index (χ2v) is 9.98. The number of carbonyl (C=O) groups excluding carboxylic acids is 2. The summed E-state index contributed by atoms with van der Waals surface area (Å²) in [6.07, 6.45) is 4.31. The topological polar surface area (TPSA) is 65.9 Å². The van der Waals surface area contributed by atoms with Crippen molar-refractivity contribution in [2.45, 2.75) is 59.2 Å². The molecule has 6 nitrogen and oxygen atoms in total. The molecule has 0 N–H and O–H groups in total. The van der Waals surface area contributed by atoms with E-state index in [1.807, 2.05) is 33.0 Å². The molecule has 3 aliphatic heterocycles. The monoisotopic (exact) mass is 444 g/mol. The number of Topliss-reactive ketones (excluding diaryl/α,β-unsaturated/α-hetero) is 1. The number of hydrogen-bond acceptors (Lipinski definition) is 5. The minimum atomic E-state index is 0.0519. The number of amides is 1. The van der Waals surface area contributed by atoms with Crippen LogP contribution in [0.4, 0.5) is 0 Å². The van der Waals surface area contributed by atoms with Crippen molar-refractivity contribution in [2.75, 3.05) is 19.6 Å². The van der Waals surface area contributed by atoms with Crippen LogP contribution in [0.15, 0.2) is 35.5 Å². The predicted molar refractivity (Wildman–Crippen MR) is 128 cm³/mol. The van der Waals surface area contributed by atoms with E-state index >= 15 is 0 Å². The van der Waals surface area contributed by atoms with Gasteiger partial charge in [-0.15, -0.1) is 0 Å². The number of benzene rings is 1. The summed E-state index contributed by atoms with van der Waals surface area (Å²) in [6, 6.07) is 8.72. The van der Waals surface area contributed by atoms with Gasteiger partial charge in [-0.05, 0) is 61.2 Å². The number of pyridine rings is 1. The molecule has 3 aliphatic rings. The predicted octanol–water partition coefficient (Wildman–Crippen LogP) is 3.32. The van der Waals surface area contributed by atoms with Gasteiger partial charge in [-0.1, -0.05) is 19.9 Å². The Bertz CT molecular complexity index is 1140. The molecule has 1 aromatic carbocycles. The number of piperidine rings is 1. The smallest absolute Gasteiger partial charge is 0.227 e. The summed E-state index contributed by atoms with van der Waals surface area (Å²) in [5.74, 6) is 0.532. The molecular weight excluding hydrogens is 412 g/mol. The van der Waals surface area contributed by atoms with E-state index in [-0.39, 0.29) is 23.7 Å². The zero-order valence-corrected chi connectivity index (χ0v) is 19.8. The molecule has 0 aliphatic carbocycles. The van der Waals surface area contributed by atoms with Crippen LogP contribution >= 0.6 is 0 Å². The Labute approximate surface area is 195 Å². The average molecular weight is 445 g/mol. The fourth-order valence-corrected chi connectivity index (χ4v) is 5.29. The third-order valence-corrected chi connectivity index (χ3v) is 7.21. The Morgan fingerprint density at radius 1 is 1.18 bits per heavy atom. The molecule has 0 spiro atoms. The van der Waals surface area contributed by atoms with Crippen LogP contribution in [0.2, 0.25) is 0 Å². The zero-order valence-electron chi connectivity index (χ0n) is 19.8. The van der Waals surface area contributed by atoms with Crippen LogP contribution in [0.5, 0.6) is 0 Å². The van der Waals surface area contributed by atoms with Crippen LogP contribution in [0.1, 0.15) is 60.2 Å². The highest BCUT2D eigenvalue weighted by atomic mass is 16.2. The summed E-state index contributed by atoms with van der Waals surface area (Å²) in [5.41, 5.74) is 7.86. The van der Waals surface area contributed by atoms with Gasteiger partial charge in [-0.2, -0.15) is 0 Å². The maximum Gasteiger partial charge on any atom is 0.227 e. The molecule has 0 unspecified atom stereocenters. The number of hydrogen-bond donors (Lipinski definition) is 0. The van der Waals surface area contributed by atoms with Crippen molar-refractivity contribution in [2.24, 2.45) is 10.9 Å². The van der Waals surface area contributed by atoms with Crippen LogP contribution in [0.3, 0.4) is 0 Å². The fourth-order valence-electron chi connectivity index (χ4n) is 5.29. The normalized spacial score (nSPS) is 20.6. The van der Waals surface area contributed by atoms with E-state index in [4.69, 9.17) is 4.99 Å². The molecule has 172 valence electrons. The number of rotatable bonds is 5. The fraction of sp³-hybridized carbons (Fsp3) is 0.481. The van der Waals surface area contributed by atoms with E-state index in [0.717, 1.165) is 48.5 Å². The number of aryl methyl sites for hydroxylation is 1. The molecule has 0 radical (unpaired) electrons. The van der Waals surface area contributed by atoms with E-state index in [9.17, 15) is 9.59 Å². The van der Waals surface area contributed by atoms with Crippen molar-refractivity contribution in [1.29, 1.82) is 0 Å². The highest BCUT2D eigenvalue weighted by Crippen LogP contribution is 2.31. The van der Waals surface area contributed by atoms with Crippen LogP contribution < -0.4 is 0 Å². The van der Waals surface area contributed by atoms with Gasteiger partial charge in [0, 0.05) is 48.1 Å². The molecule has 2 aromatic rings. The first kappa shape index (κ1) is 22.0. The van der Waals surface area contributed by atoms with Gasteiger partial charge in [0.05, 0.1) is 25.2 Å². The third kappa shape index (κ3) is 4.36. The van der Waals surface area contributed by atoms with Gasteiger partial charge < -0.3 is 4.90 Å². The summed E-state index contributed by atoms with van der Waals surface area (Å²) in [7, 11) is 0. The highest BCUT2D eigenvalue weighted by Gasteiger charge is 2.34. The van der Waals surface area contributed by atoms with E-state index in [2.05, 4.69) is 33.0 Å². The number of ketones is 1. The van der Waals surface area contributed by atoms with Gasteiger partial charge in [0.15, 0.2) is 0 Å². The second-order valence-electron chi connectivity index (χ2n) is 9.98. The number of aromatic nitrogens is 1. The number of nitrogens with zero attached hydrogens (tertiary/aromatic N) is 4. The summed E-state index contributed by atoms with van der Waals surface area (Å²) in [5, 5.41) is 0. The maximum atomic E-state index is 13.1. The quantitative estimate of drug-likeness (QED) is 0.710. The molecule has 1 saturated heterocycles. The third-order valence-electron chi connectivity index (χ3n) is 7.21. The summed E-state index contributed by atoms with van der Waals surface area (Å²) in [4.78, 5) is 38.8. The van der Waals surface area contributed by atoms with Crippen molar-refractivity contribution in [1.82, 2.24) is 14.8 Å². The molecule has 1 amide bonds. The van der Waals surface area contributed by atoms with E-state index in [0.29, 0.717) is 26.1 Å². The van der Waals surface area contributed by atoms with Gasteiger partial charge in [0.25, 0.3) is 0 Å². The minimum Gasteiger partial charge on any atom is -0.334 e. The number of aliphatic imine (C=N–C) groups is 1. The van der Waals surface area contributed by atoms with Gasteiger partial charge >= 0.3 is 0 Å². The van der Waals surface area contributed by atoms with Crippen LogP contribution in [-0.2, 0) is 29.1 Å². The Morgan fingerprint density at radius 3 is 2.82 bits per heavy atom. The molecular formula is C27H32N4O2. The lowest BCUT2D eigenvalue weighted by atomic mass is 9.90. The first-order chi connectivity index (χ1) is 15.9. The van der Waals surface area contributed by atoms with Crippen molar-refractivity contribution >= 4 is 17.4 Å².